The second kappa shape index (κ2) is 16.9. The molecule has 0 aromatic carbocycles. The number of rotatable bonds is 3. The van der Waals surface area contributed by atoms with Gasteiger partial charge in [0.2, 0.25) is 0 Å². The molecule has 0 heterocycles. The molecule has 0 spiro atoms. The quantitative estimate of drug-likeness (QED) is 0.265. The number of hydrogen-bond donors (Lipinski definition) is 0. The van der Waals surface area contributed by atoms with Gasteiger partial charge in [0.15, 0.2) is 0 Å². The van der Waals surface area contributed by atoms with E-state index < -0.39 is 72.4 Å². The summed E-state index contributed by atoms with van der Waals surface area (Å²) >= 11 is 8.61. The third-order valence-corrected chi connectivity index (χ3v) is 4.72. The highest BCUT2D eigenvalue weighted by molar-refractivity contribution is 7.75. The zero-order valence-electron chi connectivity index (χ0n) is 19.9. The van der Waals surface area contributed by atoms with Gasteiger partial charge in [-0.25, -0.2) is 0 Å². The summed E-state index contributed by atoms with van der Waals surface area (Å²) in [5.41, 5.74) is -19.0. The van der Waals surface area contributed by atoms with Crippen LogP contribution in [0.3, 0.4) is 0 Å². The van der Waals surface area contributed by atoms with E-state index in [4.69, 9.17) is 0 Å². The van der Waals surface area contributed by atoms with Crippen molar-refractivity contribution in [3.05, 3.63) is 0 Å². The highest BCUT2D eigenvalue weighted by Crippen LogP contribution is 2.57. The molecule has 0 rings (SSSR count). The van der Waals surface area contributed by atoms with Crippen LogP contribution in [0.5, 0.6) is 0 Å². The van der Waals surface area contributed by atoms with E-state index in [9.17, 15) is 119 Å². The van der Waals surface area contributed by atoms with E-state index >= 15 is 0 Å². The molecule has 3 radical (unpaired) electrons. The van der Waals surface area contributed by atoms with Gasteiger partial charge in [0.05, 0.1) is 38.7 Å². The summed E-state index contributed by atoms with van der Waals surface area (Å²) < 4.78 is 324. The fraction of sp³-hybridized carbons (Fsp3) is 1.00. The minimum atomic E-state index is -6.74. The molecular weight excluding hydrogens is 858 g/mol. The Hall–Kier alpha value is -1.17. The van der Waals surface area contributed by atoms with E-state index in [1.54, 1.807) is 0 Å². The maximum Gasteiger partial charge on any atom is 0.437 e. The Kier molecular flexibility index (Phi) is 20.8. The molecule has 0 N–H and O–H groups in total. The molecule has 0 saturated carbocycles. The molecule has 0 aliphatic rings. The van der Waals surface area contributed by atoms with E-state index in [0.29, 0.717) is 0 Å². The molecule has 0 aliphatic heterocycles. The van der Waals surface area contributed by atoms with E-state index in [0.717, 1.165) is 0 Å². The Morgan fingerprint density at radius 3 is 0.271 bits per heavy atom. The first-order valence-corrected chi connectivity index (χ1v) is 9.46. The summed E-state index contributed by atoms with van der Waals surface area (Å²) in [4.78, 5) is 0. The summed E-state index contributed by atoms with van der Waals surface area (Å²) in [6.07, 6.45) is -60.7. The van der Waals surface area contributed by atoms with E-state index in [-0.39, 0.29) is 14.1 Å². The molecule has 0 aliphatic carbocycles. The molecule has 0 saturated heterocycles. The monoisotopic (exact) mass is 861 g/mol. The molecule has 0 atom stereocenters. The maximum atomic E-state index is 11.7. The van der Waals surface area contributed by atoms with Gasteiger partial charge in [0, 0.05) is 0 Å². The van der Waals surface area contributed by atoms with Crippen LogP contribution in [-0.2, 0) is 12.5 Å². The van der Waals surface area contributed by atoms with Crippen molar-refractivity contribution >= 4 is 38.7 Å². The lowest BCUT2D eigenvalue weighted by Gasteiger charge is -2.35. The Balaban J connectivity index is -0.000000134. The summed E-state index contributed by atoms with van der Waals surface area (Å²) in [5, 5.41) is 0. The predicted molar refractivity (Wildman–Crippen MR) is 96.2 cm³/mol. The molecule has 0 aromatic heterocycles. The van der Waals surface area contributed by atoms with Gasteiger partial charge in [0.1, 0.15) is 0 Å². The van der Waals surface area contributed by atoms with Crippen molar-refractivity contribution in [2.75, 3.05) is 0 Å². The van der Waals surface area contributed by atoms with Gasteiger partial charge in [0.25, 0.3) is 0 Å². The van der Waals surface area contributed by atoms with Crippen molar-refractivity contribution in [3.8, 4) is 0 Å². The number of hydrogen-bond acceptors (Lipinski definition) is 3. The summed E-state index contributed by atoms with van der Waals surface area (Å²) in [6, 6.07) is 0. The smallest absolute Gasteiger partial charge is 0.269 e. The van der Waals surface area contributed by atoms with E-state index in [2.05, 4.69) is 51.3 Å². The van der Waals surface area contributed by atoms with Crippen LogP contribution in [0.25, 0.3) is 0 Å². The zero-order valence-corrected chi connectivity index (χ0v) is 22.3. The van der Waals surface area contributed by atoms with Crippen LogP contribution < -0.4 is 0 Å². The van der Waals surface area contributed by atoms with Crippen molar-refractivity contribution in [1.29, 1.82) is 0 Å². The second-order valence-corrected chi connectivity index (χ2v) is 7.27. The van der Waals surface area contributed by atoms with Gasteiger partial charge in [-0.2, -0.15) is 119 Å². The Bertz CT molecular complexity index is 684. The molecule has 0 bridgehead atoms. The van der Waals surface area contributed by atoms with Gasteiger partial charge < -0.3 is 0 Å². The van der Waals surface area contributed by atoms with Crippen LogP contribution in [-0.4, -0.2) is 72.4 Å². The van der Waals surface area contributed by atoms with Gasteiger partial charge in [-0.05, 0) is 0 Å². The van der Waals surface area contributed by atoms with Gasteiger partial charge in [-0.15, -0.1) is 0 Å². The number of alkyl halides is 27. The number of halogens is 30. The van der Waals surface area contributed by atoms with E-state index in [1.807, 2.05) is 0 Å². The van der Waals surface area contributed by atoms with Gasteiger partial charge in [-0.1, -0.05) is 0 Å². The first-order valence-electron chi connectivity index (χ1n) is 8.46. The first kappa shape index (κ1) is 59.0. The van der Waals surface area contributed by atoms with Gasteiger partial charge in [-0.3, -0.25) is 26.7 Å². The lowest BCUT2D eigenvalue weighted by Crippen LogP contribution is -2.66. The SMILES string of the molecule is F.F.F.FC(F)(F)C(O[S])(C(F)(F)F)C(F)(F)F.FC(F)(F)C(O[S])(C(F)(F)F)C(F)(F)F.FC(F)(F)C(O[S])(C(F)(F)F)C(F)(F)F. The lowest BCUT2D eigenvalue weighted by atomic mass is 10.0. The molecule has 36 heteroatoms. The van der Waals surface area contributed by atoms with Crippen LogP contribution in [0.15, 0.2) is 0 Å². The second-order valence-electron chi connectivity index (χ2n) is 6.77. The molecular formula is C12H3F30O3S3. The largest absolute Gasteiger partial charge is 0.437 e. The van der Waals surface area contributed by atoms with Crippen LogP contribution in [0.2, 0.25) is 0 Å². The van der Waals surface area contributed by atoms with Gasteiger partial charge >= 0.3 is 72.4 Å². The van der Waals surface area contributed by atoms with Crippen molar-refractivity contribution in [1.82, 2.24) is 0 Å². The van der Waals surface area contributed by atoms with Crippen molar-refractivity contribution in [2.24, 2.45) is 0 Å². The maximum absolute atomic E-state index is 11.7. The Labute approximate surface area is 257 Å². The minimum absolute atomic E-state index is 0. The molecule has 0 unspecified atom stereocenters. The molecule has 48 heavy (non-hydrogen) atoms. The average Bonchev–Trinajstić information content (AvgIpc) is 2.60. The molecule has 0 amide bonds. The minimum Gasteiger partial charge on any atom is -0.269 e. The fourth-order valence-electron chi connectivity index (χ4n) is 1.87. The van der Waals surface area contributed by atoms with Crippen molar-refractivity contribution in [3.63, 3.8) is 0 Å². The zero-order chi connectivity index (χ0) is 38.1. The highest BCUT2D eigenvalue weighted by Gasteiger charge is 2.88. The predicted octanol–water partition coefficient (Wildman–Crippen LogP) is 11.1. The van der Waals surface area contributed by atoms with Crippen LogP contribution in [0.1, 0.15) is 0 Å². The molecule has 0 aromatic rings. The summed E-state index contributed by atoms with van der Waals surface area (Å²) in [6.45, 7) is 0. The normalized spacial score (nSPS) is 14.6. The highest BCUT2D eigenvalue weighted by atomic mass is 32.1. The molecule has 297 valence electrons. The fourth-order valence-corrected chi connectivity index (χ4v) is 2.72. The molecule has 0 fully saturated rings. The standard InChI is InChI=1S/3C4F9OS.3FH/c3*5-2(6,7)1(14-15,3(8,9)10)4(11,12)13;;;/h;;;3*1H. The summed E-state index contributed by atoms with van der Waals surface area (Å²) in [7, 11) is 0. The first-order chi connectivity index (χ1) is 18.9. The van der Waals surface area contributed by atoms with E-state index in [1.165, 1.54) is 0 Å². The van der Waals surface area contributed by atoms with Crippen molar-refractivity contribution in [2.45, 2.75) is 72.4 Å². The lowest BCUT2D eigenvalue weighted by molar-refractivity contribution is -0.435. The van der Waals surface area contributed by atoms with Crippen LogP contribution >= 0.6 is 38.7 Å². The Morgan fingerprint density at radius 2 is 0.271 bits per heavy atom. The Morgan fingerprint density at radius 1 is 0.208 bits per heavy atom. The third-order valence-electron chi connectivity index (χ3n) is 3.97. The topological polar surface area (TPSA) is 27.7 Å². The third kappa shape index (κ3) is 10.9. The van der Waals surface area contributed by atoms with Crippen LogP contribution in [0.4, 0.5) is 133 Å². The average molecular weight is 861 g/mol. The summed E-state index contributed by atoms with van der Waals surface area (Å²) in [5.74, 6) is 0. The van der Waals surface area contributed by atoms with Crippen molar-refractivity contribution < 1.29 is 145 Å². The molecule has 3 nitrogen and oxygen atoms in total. The van der Waals surface area contributed by atoms with Crippen LogP contribution in [0, 0.1) is 0 Å².